The molecule has 20 heavy (non-hydrogen) atoms. The fourth-order valence-electron chi connectivity index (χ4n) is 2.38. The van der Waals surface area contributed by atoms with Crippen LogP contribution in [0, 0.1) is 6.92 Å². The van der Waals surface area contributed by atoms with Crippen molar-refractivity contribution in [2.75, 3.05) is 6.54 Å². The van der Waals surface area contributed by atoms with Crippen LogP contribution >= 0.6 is 15.9 Å². The molecule has 108 valence electrons. The summed E-state index contributed by atoms with van der Waals surface area (Å²) in [6.45, 7) is 8.31. The monoisotopic (exact) mass is 335 g/mol. The summed E-state index contributed by atoms with van der Waals surface area (Å²) >= 11 is 3.67. The molecule has 1 aromatic carbocycles. The molecule has 0 saturated carbocycles. The summed E-state index contributed by atoms with van der Waals surface area (Å²) in [7, 11) is 0. The predicted molar refractivity (Wildman–Crippen MR) is 86.9 cm³/mol. The van der Waals surface area contributed by atoms with Crippen molar-refractivity contribution < 1.29 is 0 Å². The minimum atomic E-state index is 0.180. The Morgan fingerprint density at radius 3 is 2.85 bits per heavy atom. The summed E-state index contributed by atoms with van der Waals surface area (Å²) < 4.78 is 3.15. The first kappa shape index (κ1) is 15.3. The van der Waals surface area contributed by atoms with Gasteiger partial charge in [0.25, 0.3) is 0 Å². The summed E-state index contributed by atoms with van der Waals surface area (Å²) in [4.78, 5) is 0. The topological polar surface area (TPSA) is 29.9 Å². The first-order valence-corrected chi connectivity index (χ1v) is 7.96. The molecule has 1 aromatic heterocycles. The van der Waals surface area contributed by atoms with Gasteiger partial charge in [-0.05, 0) is 31.5 Å². The van der Waals surface area contributed by atoms with Gasteiger partial charge in [-0.15, -0.1) is 0 Å². The quantitative estimate of drug-likeness (QED) is 0.862. The predicted octanol–water partition coefficient (Wildman–Crippen LogP) is 4.06. The highest BCUT2D eigenvalue weighted by Crippen LogP contribution is 2.29. The zero-order valence-electron chi connectivity index (χ0n) is 12.4. The van der Waals surface area contributed by atoms with Gasteiger partial charge in [-0.25, -0.2) is 0 Å². The molecule has 0 aliphatic heterocycles. The van der Waals surface area contributed by atoms with E-state index < -0.39 is 0 Å². The standard InChI is InChI=1S/C16H22BrN3/c1-4-8-20-11-13(10-19-20)16(18-5-2)14-9-12(3)6-7-15(14)17/h6-7,9-11,16,18H,4-5,8H2,1-3H3. The van der Waals surface area contributed by atoms with Crippen LogP contribution in [0.5, 0.6) is 0 Å². The maximum atomic E-state index is 4.45. The van der Waals surface area contributed by atoms with Gasteiger partial charge in [0.15, 0.2) is 0 Å². The highest BCUT2D eigenvalue weighted by Gasteiger charge is 2.17. The number of nitrogens with one attached hydrogen (secondary N) is 1. The molecule has 1 unspecified atom stereocenters. The van der Waals surface area contributed by atoms with Gasteiger partial charge in [-0.2, -0.15) is 5.10 Å². The van der Waals surface area contributed by atoms with Crippen LogP contribution in [0.25, 0.3) is 0 Å². The van der Waals surface area contributed by atoms with Gasteiger partial charge in [-0.1, -0.05) is 47.5 Å². The van der Waals surface area contributed by atoms with E-state index in [1.807, 2.05) is 10.9 Å². The van der Waals surface area contributed by atoms with Crippen molar-refractivity contribution in [3.8, 4) is 0 Å². The highest BCUT2D eigenvalue weighted by molar-refractivity contribution is 9.10. The van der Waals surface area contributed by atoms with E-state index in [1.54, 1.807) is 0 Å². The van der Waals surface area contributed by atoms with Gasteiger partial charge >= 0.3 is 0 Å². The van der Waals surface area contributed by atoms with E-state index >= 15 is 0 Å². The lowest BCUT2D eigenvalue weighted by molar-refractivity contribution is 0.597. The van der Waals surface area contributed by atoms with Gasteiger partial charge in [0.1, 0.15) is 0 Å². The molecule has 0 bridgehead atoms. The van der Waals surface area contributed by atoms with Gasteiger partial charge in [0.2, 0.25) is 0 Å². The lowest BCUT2D eigenvalue weighted by Crippen LogP contribution is -2.22. The molecule has 0 aliphatic carbocycles. The van der Waals surface area contributed by atoms with Crippen molar-refractivity contribution in [2.45, 2.75) is 39.8 Å². The zero-order valence-corrected chi connectivity index (χ0v) is 13.9. The highest BCUT2D eigenvalue weighted by atomic mass is 79.9. The third-order valence-electron chi connectivity index (χ3n) is 3.31. The van der Waals surface area contributed by atoms with E-state index in [2.05, 4.69) is 71.5 Å². The second-order valence-electron chi connectivity index (χ2n) is 5.05. The van der Waals surface area contributed by atoms with Crippen molar-refractivity contribution in [2.24, 2.45) is 0 Å². The average Bonchev–Trinajstić information content (AvgIpc) is 2.88. The van der Waals surface area contributed by atoms with Crippen LogP contribution in [-0.4, -0.2) is 16.3 Å². The molecule has 0 aliphatic rings. The molecule has 1 atom stereocenters. The number of nitrogens with zero attached hydrogens (tertiary/aromatic N) is 2. The molecule has 0 radical (unpaired) electrons. The Balaban J connectivity index is 2.36. The number of aromatic nitrogens is 2. The first-order chi connectivity index (χ1) is 9.65. The third-order valence-corrected chi connectivity index (χ3v) is 4.03. The maximum absolute atomic E-state index is 4.45. The number of aryl methyl sites for hydroxylation is 2. The van der Waals surface area contributed by atoms with E-state index in [0.29, 0.717) is 0 Å². The molecule has 0 saturated heterocycles. The second kappa shape index (κ2) is 7.04. The van der Waals surface area contributed by atoms with Crippen molar-refractivity contribution in [1.82, 2.24) is 15.1 Å². The van der Waals surface area contributed by atoms with Gasteiger partial charge in [-0.3, -0.25) is 4.68 Å². The Morgan fingerprint density at radius 1 is 1.35 bits per heavy atom. The van der Waals surface area contributed by atoms with Crippen LogP contribution in [-0.2, 0) is 6.54 Å². The van der Waals surface area contributed by atoms with Crippen molar-refractivity contribution in [3.63, 3.8) is 0 Å². The van der Waals surface area contributed by atoms with Gasteiger partial charge in [0, 0.05) is 22.8 Å². The fraction of sp³-hybridized carbons (Fsp3) is 0.438. The van der Waals surface area contributed by atoms with Crippen molar-refractivity contribution in [1.29, 1.82) is 0 Å². The Morgan fingerprint density at radius 2 is 2.15 bits per heavy atom. The average molecular weight is 336 g/mol. The van der Waals surface area contributed by atoms with Crippen LogP contribution < -0.4 is 5.32 Å². The molecule has 2 rings (SSSR count). The molecule has 1 N–H and O–H groups in total. The SMILES string of the molecule is CCCn1cc(C(NCC)c2cc(C)ccc2Br)cn1. The molecule has 2 aromatic rings. The second-order valence-corrected chi connectivity index (χ2v) is 5.91. The fourth-order valence-corrected chi connectivity index (χ4v) is 2.85. The molecule has 4 heteroatoms. The molecular weight excluding hydrogens is 314 g/mol. The van der Waals surface area contributed by atoms with E-state index in [1.165, 1.54) is 16.7 Å². The van der Waals surface area contributed by atoms with Crippen molar-refractivity contribution in [3.05, 3.63) is 51.8 Å². The molecule has 3 nitrogen and oxygen atoms in total. The van der Waals surface area contributed by atoms with Crippen molar-refractivity contribution >= 4 is 15.9 Å². The maximum Gasteiger partial charge on any atom is 0.0619 e. The normalized spacial score (nSPS) is 12.6. The van der Waals surface area contributed by atoms with E-state index in [4.69, 9.17) is 0 Å². The Bertz CT molecular complexity index is 563. The van der Waals surface area contributed by atoms with E-state index in [0.717, 1.165) is 24.0 Å². The van der Waals surface area contributed by atoms with Gasteiger partial charge < -0.3 is 5.32 Å². The molecule has 0 fully saturated rings. The molecular formula is C16H22BrN3. The number of hydrogen-bond acceptors (Lipinski definition) is 2. The minimum Gasteiger partial charge on any atom is -0.306 e. The Hall–Kier alpha value is -1.13. The van der Waals surface area contributed by atoms with Crippen LogP contribution in [0.3, 0.4) is 0 Å². The zero-order chi connectivity index (χ0) is 14.5. The Labute approximate surface area is 129 Å². The number of benzene rings is 1. The summed E-state index contributed by atoms with van der Waals surface area (Å²) in [5.74, 6) is 0. The molecule has 0 amide bonds. The molecule has 0 spiro atoms. The summed E-state index contributed by atoms with van der Waals surface area (Å²) in [5.41, 5.74) is 3.75. The van der Waals surface area contributed by atoms with E-state index in [-0.39, 0.29) is 6.04 Å². The summed E-state index contributed by atoms with van der Waals surface area (Å²) in [5, 5.41) is 8.00. The molecule has 1 heterocycles. The largest absolute Gasteiger partial charge is 0.306 e. The van der Waals surface area contributed by atoms with Gasteiger partial charge in [0.05, 0.1) is 12.2 Å². The third kappa shape index (κ3) is 3.49. The van der Waals surface area contributed by atoms with Crippen LogP contribution in [0.2, 0.25) is 0 Å². The minimum absolute atomic E-state index is 0.180. The number of hydrogen-bond donors (Lipinski definition) is 1. The number of halogens is 1. The smallest absolute Gasteiger partial charge is 0.0619 e. The Kier molecular flexibility index (Phi) is 5.38. The lowest BCUT2D eigenvalue weighted by atomic mass is 10.00. The van der Waals surface area contributed by atoms with E-state index in [9.17, 15) is 0 Å². The number of rotatable bonds is 6. The first-order valence-electron chi connectivity index (χ1n) is 7.17. The van der Waals surface area contributed by atoms with Crippen LogP contribution in [0.4, 0.5) is 0 Å². The lowest BCUT2D eigenvalue weighted by Gasteiger charge is -2.19. The summed E-state index contributed by atoms with van der Waals surface area (Å²) in [6.07, 6.45) is 5.21. The van der Waals surface area contributed by atoms with Crippen LogP contribution in [0.1, 0.15) is 43.0 Å². The summed E-state index contributed by atoms with van der Waals surface area (Å²) in [6, 6.07) is 6.65. The van der Waals surface area contributed by atoms with Crippen LogP contribution in [0.15, 0.2) is 35.1 Å².